The van der Waals surface area contributed by atoms with Gasteiger partial charge in [0.05, 0.1) is 0 Å². The largest absolute Gasteiger partial charge is 0.326 e. The maximum Gasteiger partial charge on any atom is 0.230 e. The molecule has 98 valence electrons. The maximum absolute atomic E-state index is 11.8. The van der Waals surface area contributed by atoms with Gasteiger partial charge in [0.2, 0.25) is 11.0 Å². The molecule has 19 heavy (non-hydrogen) atoms. The van der Waals surface area contributed by atoms with Crippen molar-refractivity contribution in [3.05, 3.63) is 29.8 Å². The molecule has 1 aliphatic rings. The quantitative estimate of drug-likeness (QED) is 0.902. The van der Waals surface area contributed by atoms with E-state index < -0.39 is 0 Å². The number of rotatable bonds is 2. The molecule has 3 rings (SSSR count). The van der Waals surface area contributed by atoms with E-state index in [0.29, 0.717) is 18.1 Å². The molecule has 0 radical (unpaired) electrons. The van der Waals surface area contributed by atoms with Crippen LogP contribution in [0.5, 0.6) is 0 Å². The fourth-order valence-corrected chi connectivity index (χ4v) is 3.01. The van der Waals surface area contributed by atoms with Crippen molar-refractivity contribution in [1.29, 1.82) is 0 Å². The first-order valence-electron chi connectivity index (χ1n) is 6.10. The zero-order valence-electron chi connectivity index (χ0n) is 10.5. The number of amides is 1. The van der Waals surface area contributed by atoms with Crippen LogP contribution in [0.1, 0.15) is 12.0 Å². The summed E-state index contributed by atoms with van der Waals surface area (Å²) in [5.74, 6) is 0.0273. The average molecular weight is 274 g/mol. The Balaban J connectivity index is 1.90. The van der Waals surface area contributed by atoms with Gasteiger partial charge in [-0.1, -0.05) is 35.1 Å². The minimum absolute atomic E-state index is 0.0273. The van der Waals surface area contributed by atoms with Gasteiger partial charge in [0.25, 0.3) is 0 Å². The van der Waals surface area contributed by atoms with Crippen LogP contribution in [0, 0.1) is 6.92 Å². The van der Waals surface area contributed by atoms with Gasteiger partial charge < -0.3 is 5.73 Å². The van der Waals surface area contributed by atoms with Gasteiger partial charge in [0.1, 0.15) is 5.01 Å². The van der Waals surface area contributed by atoms with Gasteiger partial charge in [-0.05, 0) is 13.0 Å². The normalized spacial score (nSPS) is 19.2. The van der Waals surface area contributed by atoms with E-state index in [1.807, 2.05) is 25.1 Å². The third-order valence-electron chi connectivity index (χ3n) is 3.07. The second-order valence-corrected chi connectivity index (χ2v) is 5.68. The topological polar surface area (TPSA) is 72.1 Å². The van der Waals surface area contributed by atoms with Crippen LogP contribution >= 0.6 is 11.3 Å². The monoisotopic (exact) mass is 274 g/mol. The maximum atomic E-state index is 11.8. The van der Waals surface area contributed by atoms with Crippen LogP contribution in [0.3, 0.4) is 0 Å². The van der Waals surface area contributed by atoms with E-state index in [1.165, 1.54) is 16.9 Å². The first kappa shape index (κ1) is 12.3. The van der Waals surface area contributed by atoms with Crippen molar-refractivity contribution in [2.24, 2.45) is 5.73 Å². The molecule has 0 saturated carbocycles. The fraction of sp³-hybridized carbons (Fsp3) is 0.308. The highest BCUT2D eigenvalue weighted by Gasteiger charge is 2.30. The Labute approximate surface area is 115 Å². The smallest absolute Gasteiger partial charge is 0.230 e. The molecule has 1 aromatic heterocycles. The number of anilines is 1. The van der Waals surface area contributed by atoms with Gasteiger partial charge >= 0.3 is 0 Å². The van der Waals surface area contributed by atoms with Gasteiger partial charge in [-0.15, -0.1) is 10.2 Å². The number of nitrogens with zero attached hydrogens (tertiary/aromatic N) is 3. The summed E-state index contributed by atoms with van der Waals surface area (Å²) < 4.78 is 0. The molecule has 1 aliphatic heterocycles. The van der Waals surface area contributed by atoms with Crippen LogP contribution in [0.2, 0.25) is 0 Å². The van der Waals surface area contributed by atoms with Gasteiger partial charge in [-0.2, -0.15) is 0 Å². The molecule has 1 unspecified atom stereocenters. The summed E-state index contributed by atoms with van der Waals surface area (Å²) in [6.45, 7) is 2.57. The van der Waals surface area contributed by atoms with E-state index in [-0.39, 0.29) is 11.9 Å². The standard InChI is InChI=1S/C13H14N4OS/c1-8-3-2-4-9(5-8)12-15-16-13(19-12)17-7-10(14)6-11(17)18/h2-5,10H,6-7,14H2,1H3. The number of aromatic nitrogens is 2. The molecule has 1 aromatic carbocycles. The minimum Gasteiger partial charge on any atom is -0.326 e. The van der Waals surface area contributed by atoms with Crippen LogP contribution < -0.4 is 10.6 Å². The zero-order valence-corrected chi connectivity index (χ0v) is 11.4. The highest BCUT2D eigenvalue weighted by Crippen LogP contribution is 2.30. The van der Waals surface area contributed by atoms with Crippen molar-refractivity contribution in [3.63, 3.8) is 0 Å². The molecule has 1 saturated heterocycles. The van der Waals surface area contributed by atoms with Crippen LogP contribution in [0.4, 0.5) is 5.13 Å². The molecule has 0 aliphatic carbocycles. The lowest BCUT2D eigenvalue weighted by molar-refractivity contribution is -0.117. The molecule has 2 aromatic rings. The summed E-state index contributed by atoms with van der Waals surface area (Å²) >= 11 is 1.43. The van der Waals surface area contributed by atoms with Crippen molar-refractivity contribution in [3.8, 4) is 10.6 Å². The Bertz CT molecular complexity index is 625. The minimum atomic E-state index is -0.0983. The summed E-state index contributed by atoms with van der Waals surface area (Å²) in [6, 6.07) is 7.98. The molecule has 5 nitrogen and oxygen atoms in total. The van der Waals surface area contributed by atoms with Crippen LogP contribution in [-0.4, -0.2) is 28.7 Å². The van der Waals surface area contributed by atoms with Gasteiger partial charge in [0.15, 0.2) is 0 Å². The summed E-state index contributed by atoms with van der Waals surface area (Å²) in [4.78, 5) is 13.4. The Morgan fingerprint density at radius 1 is 1.42 bits per heavy atom. The molecule has 1 fully saturated rings. The third-order valence-corrected chi connectivity index (χ3v) is 4.06. The third kappa shape index (κ3) is 2.36. The van der Waals surface area contributed by atoms with Crippen LogP contribution in [0.15, 0.2) is 24.3 Å². The number of nitrogens with two attached hydrogens (primary N) is 1. The van der Waals surface area contributed by atoms with Crippen LogP contribution in [0.25, 0.3) is 10.6 Å². The lowest BCUT2D eigenvalue weighted by atomic mass is 10.1. The Kier molecular flexibility index (Phi) is 3.04. The molecule has 0 spiro atoms. The summed E-state index contributed by atoms with van der Waals surface area (Å²) in [5, 5.41) is 9.73. The number of hydrogen-bond acceptors (Lipinski definition) is 5. The van der Waals surface area contributed by atoms with E-state index in [4.69, 9.17) is 5.73 Å². The number of aryl methyl sites for hydroxylation is 1. The first-order chi connectivity index (χ1) is 9.13. The molecule has 0 bridgehead atoms. The van der Waals surface area contributed by atoms with Crippen molar-refractivity contribution in [1.82, 2.24) is 10.2 Å². The Morgan fingerprint density at radius 3 is 2.95 bits per heavy atom. The summed E-state index contributed by atoms with van der Waals surface area (Å²) in [7, 11) is 0. The van der Waals surface area contributed by atoms with Gasteiger partial charge in [-0.3, -0.25) is 9.69 Å². The number of benzene rings is 1. The van der Waals surface area contributed by atoms with Crippen molar-refractivity contribution >= 4 is 22.4 Å². The molecule has 6 heteroatoms. The van der Waals surface area contributed by atoms with E-state index >= 15 is 0 Å². The fourth-order valence-electron chi connectivity index (χ4n) is 2.14. The number of hydrogen-bond donors (Lipinski definition) is 1. The highest BCUT2D eigenvalue weighted by atomic mass is 32.1. The van der Waals surface area contributed by atoms with E-state index in [1.54, 1.807) is 4.90 Å². The second-order valence-electron chi connectivity index (χ2n) is 4.73. The SMILES string of the molecule is Cc1cccc(-c2nnc(N3CC(N)CC3=O)s2)c1. The number of carbonyl (C=O) groups is 1. The molecular formula is C13H14N4OS. The van der Waals surface area contributed by atoms with Gasteiger partial charge in [0, 0.05) is 24.6 Å². The Hall–Kier alpha value is -1.79. The zero-order chi connectivity index (χ0) is 13.4. The summed E-state index contributed by atoms with van der Waals surface area (Å²) in [6.07, 6.45) is 0.388. The van der Waals surface area contributed by atoms with E-state index in [2.05, 4.69) is 16.3 Å². The second kappa shape index (κ2) is 4.71. The van der Waals surface area contributed by atoms with Crippen molar-refractivity contribution in [2.75, 3.05) is 11.4 Å². The average Bonchev–Trinajstić information content (AvgIpc) is 2.96. The lowest BCUT2D eigenvalue weighted by Crippen LogP contribution is -2.27. The van der Waals surface area contributed by atoms with Crippen molar-refractivity contribution < 1.29 is 4.79 Å². The van der Waals surface area contributed by atoms with Gasteiger partial charge in [-0.25, -0.2) is 0 Å². The molecular weight excluding hydrogens is 260 g/mol. The van der Waals surface area contributed by atoms with Crippen molar-refractivity contribution in [2.45, 2.75) is 19.4 Å². The molecule has 2 N–H and O–H groups in total. The predicted molar refractivity (Wildman–Crippen MR) is 75.0 cm³/mol. The predicted octanol–water partition coefficient (Wildman–Crippen LogP) is 1.58. The van der Waals surface area contributed by atoms with E-state index in [9.17, 15) is 4.79 Å². The first-order valence-corrected chi connectivity index (χ1v) is 6.91. The molecule has 1 atom stereocenters. The molecule has 2 heterocycles. The highest BCUT2D eigenvalue weighted by molar-refractivity contribution is 7.18. The molecule has 1 amide bonds. The lowest BCUT2D eigenvalue weighted by Gasteiger charge is -2.09. The number of carbonyl (C=O) groups excluding carboxylic acids is 1. The van der Waals surface area contributed by atoms with E-state index in [0.717, 1.165) is 10.6 Å². The summed E-state index contributed by atoms with van der Waals surface area (Å²) in [5.41, 5.74) is 7.99. The Morgan fingerprint density at radius 2 is 2.26 bits per heavy atom. The van der Waals surface area contributed by atoms with Crippen LogP contribution in [-0.2, 0) is 4.79 Å².